The summed E-state index contributed by atoms with van der Waals surface area (Å²) in [6.45, 7) is 0. The number of oxime groups is 1. The number of halogens is 1. The van der Waals surface area contributed by atoms with Crippen molar-refractivity contribution < 1.29 is 24.0 Å². The molecule has 0 atom stereocenters. The van der Waals surface area contributed by atoms with Gasteiger partial charge in [0.2, 0.25) is 0 Å². The van der Waals surface area contributed by atoms with Crippen LogP contribution < -0.4 is 5.73 Å². The molecule has 1 aromatic carbocycles. The molecule has 0 heterocycles. The Bertz CT molecular complexity index is 527. The average molecular weight is 293 g/mol. The Balaban J connectivity index is 2.66. The van der Waals surface area contributed by atoms with E-state index in [9.17, 15) is 9.36 Å². The summed E-state index contributed by atoms with van der Waals surface area (Å²) >= 11 is 5.67. The maximum atomic E-state index is 11.4. The van der Waals surface area contributed by atoms with Gasteiger partial charge in [-0.3, -0.25) is 4.57 Å². The van der Waals surface area contributed by atoms with E-state index >= 15 is 0 Å². The molecule has 0 aliphatic heterocycles. The van der Waals surface area contributed by atoms with Crippen LogP contribution in [0.1, 0.15) is 10.4 Å². The summed E-state index contributed by atoms with van der Waals surface area (Å²) in [5, 5.41) is 3.47. The van der Waals surface area contributed by atoms with Crippen LogP contribution >= 0.6 is 19.2 Å². The lowest BCUT2D eigenvalue weighted by molar-refractivity contribution is 0.0515. The van der Waals surface area contributed by atoms with E-state index in [0.29, 0.717) is 5.02 Å². The standard InChI is InChI=1S/C9H10ClN2O5P/c10-7-3-1-2-6(4-7)9(13)17-12-8(11)5-18(14,15)16/h1-4H,5H2,(H2,11,12)(H2,14,15,16). The van der Waals surface area contributed by atoms with Crippen molar-refractivity contribution in [2.24, 2.45) is 10.9 Å². The van der Waals surface area contributed by atoms with E-state index in [1.165, 1.54) is 12.1 Å². The Morgan fingerprint density at radius 1 is 1.50 bits per heavy atom. The lowest BCUT2D eigenvalue weighted by Crippen LogP contribution is -2.18. The molecule has 4 N–H and O–H groups in total. The summed E-state index contributed by atoms with van der Waals surface area (Å²) in [7, 11) is -4.33. The zero-order chi connectivity index (χ0) is 13.8. The van der Waals surface area contributed by atoms with Crippen molar-refractivity contribution >= 4 is 31.0 Å². The highest BCUT2D eigenvalue weighted by Gasteiger charge is 2.16. The number of carbonyl (C=O) groups is 1. The highest BCUT2D eigenvalue weighted by molar-refractivity contribution is 7.52. The highest BCUT2D eigenvalue weighted by Crippen LogP contribution is 2.33. The van der Waals surface area contributed by atoms with E-state index in [1.54, 1.807) is 12.1 Å². The predicted molar refractivity (Wildman–Crippen MR) is 65.4 cm³/mol. The molecule has 1 rings (SSSR count). The van der Waals surface area contributed by atoms with Gasteiger partial charge in [-0.15, -0.1) is 0 Å². The van der Waals surface area contributed by atoms with Gasteiger partial charge in [0.05, 0.1) is 5.56 Å². The normalized spacial score (nSPS) is 12.3. The molecule has 18 heavy (non-hydrogen) atoms. The first-order chi connectivity index (χ1) is 8.28. The smallest absolute Gasteiger partial charge is 0.365 e. The topological polar surface area (TPSA) is 122 Å². The molecule has 98 valence electrons. The quantitative estimate of drug-likeness (QED) is 0.250. The fourth-order valence-electron chi connectivity index (χ4n) is 1.01. The first kappa shape index (κ1) is 14.7. The lowest BCUT2D eigenvalue weighted by atomic mass is 10.2. The van der Waals surface area contributed by atoms with Crippen molar-refractivity contribution in [3.8, 4) is 0 Å². The third-order valence-corrected chi connectivity index (χ3v) is 2.65. The van der Waals surface area contributed by atoms with Crippen molar-refractivity contribution in [1.29, 1.82) is 0 Å². The number of hydrogen-bond donors (Lipinski definition) is 3. The summed E-state index contributed by atoms with van der Waals surface area (Å²) in [5.74, 6) is -1.30. The SMILES string of the molecule is NC(CP(=O)(O)O)=NOC(=O)c1cccc(Cl)c1. The summed E-state index contributed by atoms with van der Waals surface area (Å²) < 4.78 is 10.6. The van der Waals surface area contributed by atoms with Gasteiger partial charge in [0.1, 0.15) is 6.16 Å². The zero-order valence-electron chi connectivity index (χ0n) is 8.99. The Labute approximate surface area is 107 Å². The van der Waals surface area contributed by atoms with Gasteiger partial charge < -0.3 is 20.4 Å². The Kier molecular flexibility index (Phi) is 4.86. The van der Waals surface area contributed by atoms with E-state index < -0.39 is 25.6 Å². The fraction of sp³-hybridized carbons (Fsp3) is 0.111. The maximum Gasteiger partial charge on any atom is 0.365 e. The Hall–Kier alpha value is -1.40. The van der Waals surface area contributed by atoms with Crippen LogP contribution in [0.15, 0.2) is 29.4 Å². The summed E-state index contributed by atoms with van der Waals surface area (Å²) in [5.41, 5.74) is 5.32. The summed E-state index contributed by atoms with van der Waals surface area (Å²) in [4.78, 5) is 33.0. The molecule has 0 saturated heterocycles. The first-order valence-electron chi connectivity index (χ1n) is 4.62. The van der Waals surface area contributed by atoms with Gasteiger partial charge in [0.25, 0.3) is 0 Å². The third kappa shape index (κ3) is 5.29. The van der Waals surface area contributed by atoms with Crippen LogP contribution in [-0.4, -0.2) is 27.8 Å². The molecule has 0 saturated carbocycles. The number of nitrogens with two attached hydrogens (primary N) is 1. The highest BCUT2D eigenvalue weighted by atomic mass is 35.5. The van der Waals surface area contributed by atoms with Crippen LogP contribution in [0.5, 0.6) is 0 Å². The molecule has 0 aromatic heterocycles. The van der Waals surface area contributed by atoms with Crippen LogP contribution in [0, 0.1) is 0 Å². The number of benzene rings is 1. The fourth-order valence-corrected chi connectivity index (χ4v) is 1.68. The average Bonchev–Trinajstić information content (AvgIpc) is 2.23. The van der Waals surface area contributed by atoms with Crippen LogP contribution in [0.2, 0.25) is 5.02 Å². The minimum atomic E-state index is -4.33. The lowest BCUT2D eigenvalue weighted by Gasteiger charge is -2.02. The van der Waals surface area contributed by atoms with Crippen molar-refractivity contribution in [3.05, 3.63) is 34.9 Å². The maximum absolute atomic E-state index is 11.4. The van der Waals surface area contributed by atoms with Crippen molar-refractivity contribution in [3.63, 3.8) is 0 Å². The molecular formula is C9H10ClN2O5P. The van der Waals surface area contributed by atoms with Crippen molar-refractivity contribution in [2.45, 2.75) is 0 Å². The molecule has 1 aromatic rings. The molecule has 0 fully saturated rings. The van der Waals surface area contributed by atoms with Crippen LogP contribution in [0.25, 0.3) is 0 Å². The van der Waals surface area contributed by atoms with Crippen LogP contribution in [-0.2, 0) is 9.40 Å². The molecule has 0 spiro atoms. The van der Waals surface area contributed by atoms with E-state index in [4.69, 9.17) is 27.1 Å². The monoisotopic (exact) mass is 292 g/mol. The third-order valence-electron chi connectivity index (χ3n) is 1.67. The Morgan fingerprint density at radius 2 is 2.17 bits per heavy atom. The minimum Gasteiger partial charge on any atom is -0.384 e. The van der Waals surface area contributed by atoms with Crippen molar-refractivity contribution in [2.75, 3.05) is 6.16 Å². The molecule has 0 bridgehead atoms. The Morgan fingerprint density at radius 3 is 2.72 bits per heavy atom. The van der Waals surface area contributed by atoms with Gasteiger partial charge in [-0.25, -0.2) is 4.79 Å². The number of amidine groups is 1. The largest absolute Gasteiger partial charge is 0.384 e. The number of hydrogen-bond acceptors (Lipinski definition) is 4. The van der Waals surface area contributed by atoms with Gasteiger partial charge in [-0.2, -0.15) is 0 Å². The molecule has 0 radical (unpaired) electrons. The number of nitrogens with zero attached hydrogens (tertiary/aromatic N) is 1. The van der Waals surface area contributed by atoms with Gasteiger partial charge in [-0.1, -0.05) is 22.8 Å². The van der Waals surface area contributed by atoms with E-state index in [-0.39, 0.29) is 5.56 Å². The van der Waals surface area contributed by atoms with Crippen molar-refractivity contribution in [1.82, 2.24) is 0 Å². The van der Waals surface area contributed by atoms with Crippen LogP contribution in [0.4, 0.5) is 0 Å². The van der Waals surface area contributed by atoms with Gasteiger partial charge in [-0.05, 0) is 18.2 Å². The van der Waals surface area contributed by atoms with E-state index in [1.807, 2.05) is 0 Å². The van der Waals surface area contributed by atoms with Gasteiger partial charge >= 0.3 is 13.6 Å². The first-order valence-corrected chi connectivity index (χ1v) is 6.79. The minimum absolute atomic E-state index is 0.148. The van der Waals surface area contributed by atoms with Gasteiger partial charge in [0.15, 0.2) is 5.84 Å². The number of rotatable bonds is 4. The molecule has 0 unspecified atom stereocenters. The summed E-state index contributed by atoms with van der Waals surface area (Å²) in [6.07, 6.45) is -0.782. The van der Waals surface area contributed by atoms with E-state index in [2.05, 4.69) is 9.99 Å². The summed E-state index contributed by atoms with van der Waals surface area (Å²) in [6, 6.07) is 5.92. The molecular weight excluding hydrogens is 283 g/mol. The van der Waals surface area contributed by atoms with E-state index in [0.717, 1.165) is 0 Å². The van der Waals surface area contributed by atoms with Gasteiger partial charge in [0, 0.05) is 5.02 Å². The molecule has 9 heteroatoms. The molecule has 0 aliphatic carbocycles. The predicted octanol–water partition coefficient (Wildman–Crippen LogP) is 0.947. The second-order valence-corrected chi connectivity index (χ2v) is 5.38. The second kappa shape index (κ2) is 5.97. The zero-order valence-corrected chi connectivity index (χ0v) is 10.6. The van der Waals surface area contributed by atoms with Crippen LogP contribution in [0.3, 0.4) is 0 Å². The molecule has 7 nitrogen and oxygen atoms in total. The second-order valence-electron chi connectivity index (χ2n) is 3.29. The number of carbonyl (C=O) groups excluding carboxylic acids is 1. The molecule has 0 aliphatic rings. The molecule has 0 amide bonds.